The van der Waals surface area contributed by atoms with Gasteiger partial charge in [-0.3, -0.25) is 0 Å². The van der Waals surface area contributed by atoms with Crippen LogP contribution in [-0.4, -0.2) is 0 Å². The fourth-order valence-electron chi connectivity index (χ4n) is 3.77. The molecule has 0 bridgehead atoms. The molecule has 1 aromatic rings. The molecule has 2 aliphatic rings. The summed E-state index contributed by atoms with van der Waals surface area (Å²) in [5.74, 6) is 3.59. The monoisotopic (exact) mass is 306 g/mol. The molecule has 0 nitrogen and oxygen atoms in total. The van der Waals surface area contributed by atoms with Gasteiger partial charge in [-0.15, -0.1) is 0 Å². The lowest BCUT2D eigenvalue weighted by atomic mass is 9.99. The third-order valence-corrected chi connectivity index (χ3v) is 6.12. The Morgan fingerprint density at radius 2 is 1.44 bits per heavy atom. The van der Waals surface area contributed by atoms with Crippen LogP contribution in [0.15, 0.2) is 24.3 Å². The third-order valence-electron chi connectivity index (χ3n) is 4.98. The number of alkyl halides is 1. The van der Waals surface area contributed by atoms with Gasteiger partial charge < -0.3 is 0 Å². The normalized spacial score (nSPS) is 32.1. The standard InChI is InChI=1S/C17H23Br/c1-11(2)12-7-9-13(10-8-12)17(18)16-14-5-3-4-6-15(14)16/h7-11,14-17H,3-6H2,1-2H3. The zero-order valence-corrected chi connectivity index (χ0v) is 13.0. The van der Waals surface area contributed by atoms with E-state index in [1.165, 1.54) is 36.8 Å². The van der Waals surface area contributed by atoms with E-state index in [2.05, 4.69) is 54.0 Å². The number of hydrogen-bond donors (Lipinski definition) is 0. The summed E-state index contributed by atoms with van der Waals surface area (Å²) in [6.07, 6.45) is 5.87. The first kappa shape index (κ1) is 12.7. The second kappa shape index (κ2) is 5.00. The lowest BCUT2D eigenvalue weighted by Crippen LogP contribution is -1.96. The number of halogens is 1. The summed E-state index contributed by atoms with van der Waals surface area (Å²) in [7, 11) is 0. The summed E-state index contributed by atoms with van der Waals surface area (Å²) in [6, 6.07) is 9.28. The molecule has 0 amide bonds. The van der Waals surface area contributed by atoms with Gasteiger partial charge in [-0.1, -0.05) is 66.9 Å². The highest BCUT2D eigenvalue weighted by Crippen LogP contribution is 2.62. The highest BCUT2D eigenvalue weighted by atomic mass is 79.9. The Balaban J connectivity index is 1.71. The highest BCUT2D eigenvalue weighted by Gasteiger charge is 2.53. The molecule has 0 saturated heterocycles. The van der Waals surface area contributed by atoms with Gasteiger partial charge in [0.2, 0.25) is 0 Å². The molecular weight excluding hydrogens is 284 g/mol. The van der Waals surface area contributed by atoms with Crippen LogP contribution in [0.5, 0.6) is 0 Å². The van der Waals surface area contributed by atoms with E-state index < -0.39 is 0 Å². The van der Waals surface area contributed by atoms with Crippen LogP contribution in [0.1, 0.15) is 61.4 Å². The van der Waals surface area contributed by atoms with Gasteiger partial charge in [0.1, 0.15) is 0 Å². The molecule has 0 N–H and O–H groups in total. The summed E-state index contributed by atoms with van der Waals surface area (Å²) in [5, 5.41) is 0. The van der Waals surface area contributed by atoms with E-state index in [9.17, 15) is 0 Å². The SMILES string of the molecule is CC(C)c1ccc(C(Br)C2C3CCCCC32)cc1. The molecule has 1 aromatic carbocycles. The van der Waals surface area contributed by atoms with Crippen LogP contribution >= 0.6 is 15.9 Å². The lowest BCUT2D eigenvalue weighted by molar-refractivity contribution is 0.480. The summed E-state index contributed by atoms with van der Waals surface area (Å²) < 4.78 is 0. The van der Waals surface area contributed by atoms with E-state index in [-0.39, 0.29) is 0 Å². The first-order valence-corrected chi connectivity index (χ1v) is 8.34. The third kappa shape index (κ3) is 2.27. The number of hydrogen-bond acceptors (Lipinski definition) is 0. The Bertz CT molecular complexity index is 394. The fourth-order valence-corrected chi connectivity index (χ4v) is 4.86. The molecular formula is C17H23Br. The summed E-state index contributed by atoms with van der Waals surface area (Å²) in [6.45, 7) is 4.52. The molecule has 2 aliphatic carbocycles. The second-order valence-corrected chi connectivity index (χ2v) is 7.40. The lowest BCUT2D eigenvalue weighted by Gasteiger charge is -2.12. The Hall–Kier alpha value is -0.300. The van der Waals surface area contributed by atoms with Crippen LogP contribution in [0.2, 0.25) is 0 Å². The van der Waals surface area contributed by atoms with Crippen LogP contribution in [0.3, 0.4) is 0 Å². The van der Waals surface area contributed by atoms with E-state index in [0.29, 0.717) is 10.7 Å². The van der Waals surface area contributed by atoms with Gasteiger partial charge in [-0.2, -0.15) is 0 Å². The van der Waals surface area contributed by atoms with E-state index in [0.717, 1.165) is 17.8 Å². The molecule has 0 aliphatic heterocycles. The van der Waals surface area contributed by atoms with Crippen molar-refractivity contribution in [3.63, 3.8) is 0 Å². The van der Waals surface area contributed by atoms with Gasteiger partial charge in [-0.05, 0) is 47.6 Å². The zero-order chi connectivity index (χ0) is 12.7. The molecule has 3 unspecified atom stereocenters. The molecule has 3 atom stereocenters. The van der Waals surface area contributed by atoms with Crippen molar-refractivity contribution in [1.29, 1.82) is 0 Å². The minimum atomic E-state index is 0.590. The minimum Gasteiger partial charge on any atom is -0.0836 e. The van der Waals surface area contributed by atoms with Crippen LogP contribution in [0.4, 0.5) is 0 Å². The average molecular weight is 307 g/mol. The summed E-state index contributed by atoms with van der Waals surface area (Å²) >= 11 is 3.96. The predicted octanol–water partition coefficient (Wildman–Crippen LogP) is 5.68. The van der Waals surface area contributed by atoms with E-state index >= 15 is 0 Å². The fraction of sp³-hybridized carbons (Fsp3) is 0.647. The van der Waals surface area contributed by atoms with Crippen LogP contribution in [0.25, 0.3) is 0 Å². The van der Waals surface area contributed by atoms with E-state index in [1.54, 1.807) is 0 Å². The van der Waals surface area contributed by atoms with Crippen molar-refractivity contribution >= 4 is 15.9 Å². The van der Waals surface area contributed by atoms with Gasteiger partial charge in [-0.25, -0.2) is 0 Å². The second-order valence-electron chi connectivity index (χ2n) is 6.41. The van der Waals surface area contributed by atoms with Gasteiger partial charge in [0.05, 0.1) is 0 Å². The van der Waals surface area contributed by atoms with Crippen LogP contribution < -0.4 is 0 Å². The maximum atomic E-state index is 3.96. The van der Waals surface area contributed by atoms with Gasteiger partial charge in [0.15, 0.2) is 0 Å². The number of rotatable bonds is 3. The van der Waals surface area contributed by atoms with Crippen molar-refractivity contribution in [1.82, 2.24) is 0 Å². The van der Waals surface area contributed by atoms with Crippen LogP contribution in [-0.2, 0) is 0 Å². The first-order valence-electron chi connectivity index (χ1n) is 7.42. The topological polar surface area (TPSA) is 0 Å². The van der Waals surface area contributed by atoms with E-state index in [1.807, 2.05) is 0 Å². The molecule has 1 heteroatoms. The highest BCUT2D eigenvalue weighted by molar-refractivity contribution is 9.09. The van der Waals surface area contributed by atoms with Crippen molar-refractivity contribution in [2.45, 2.75) is 50.3 Å². The largest absolute Gasteiger partial charge is 0.0836 e. The summed E-state index contributed by atoms with van der Waals surface area (Å²) in [4.78, 5) is 0.590. The zero-order valence-electron chi connectivity index (χ0n) is 11.4. The molecule has 98 valence electrons. The quantitative estimate of drug-likeness (QED) is 0.630. The Kier molecular flexibility index (Phi) is 3.53. The molecule has 0 heterocycles. The Morgan fingerprint density at radius 1 is 0.944 bits per heavy atom. The maximum Gasteiger partial charge on any atom is 0.0429 e. The van der Waals surface area contributed by atoms with Gasteiger partial charge in [0, 0.05) is 4.83 Å². The van der Waals surface area contributed by atoms with Crippen molar-refractivity contribution in [3.05, 3.63) is 35.4 Å². The van der Waals surface area contributed by atoms with Gasteiger partial charge >= 0.3 is 0 Å². The average Bonchev–Trinajstić information content (AvgIpc) is 3.12. The minimum absolute atomic E-state index is 0.590. The molecule has 0 spiro atoms. The first-order chi connectivity index (χ1) is 8.68. The molecule has 2 saturated carbocycles. The molecule has 18 heavy (non-hydrogen) atoms. The predicted molar refractivity (Wildman–Crippen MR) is 81.1 cm³/mol. The summed E-state index contributed by atoms with van der Waals surface area (Å²) in [5.41, 5.74) is 2.94. The van der Waals surface area contributed by atoms with E-state index in [4.69, 9.17) is 0 Å². The van der Waals surface area contributed by atoms with Crippen molar-refractivity contribution in [2.24, 2.45) is 17.8 Å². The number of fused-ring (bicyclic) bond motifs is 1. The Morgan fingerprint density at radius 3 is 1.94 bits per heavy atom. The molecule has 0 radical (unpaired) electrons. The van der Waals surface area contributed by atoms with Gasteiger partial charge in [0.25, 0.3) is 0 Å². The van der Waals surface area contributed by atoms with Crippen molar-refractivity contribution in [2.75, 3.05) is 0 Å². The maximum absolute atomic E-state index is 3.96. The smallest absolute Gasteiger partial charge is 0.0429 e. The molecule has 3 rings (SSSR count). The molecule has 0 aromatic heterocycles. The van der Waals surface area contributed by atoms with Crippen molar-refractivity contribution < 1.29 is 0 Å². The Labute approximate surface area is 119 Å². The van der Waals surface area contributed by atoms with Crippen molar-refractivity contribution in [3.8, 4) is 0 Å². The molecule has 2 fully saturated rings. The van der Waals surface area contributed by atoms with Crippen LogP contribution in [0, 0.1) is 17.8 Å². The number of benzene rings is 1.